The first-order valence-electron chi connectivity index (χ1n) is 6.65. The van der Waals surface area contributed by atoms with Crippen molar-refractivity contribution in [3.8, 4) is 11.5 Å². The van der Waals surface area contributed by atoms with Crippen LogP contribution in [0.25, 0.3) is 0 Å². The van der Waals surface area contributed by atoms with Crippen LogP contribution in [0.3, 0.4) is 0 Å². The highest BCUT2D eigenvalue weighted by molar-refractivity contribution is 6.30. The first-order chi connectivity index (χ1) is 9.72. The number of benzene rings is 2. The van der Waals surface area contributed by atoms with Crippen LogP contribution in [0.4, 0.5) is 0 Å². The second-order valence-electron chi connectivity index (χ2n) is 4.92. The third-order valence-corrected chi connectivity index (χ3v) is 3.62. The van der Waals surface area contributed by atoms with E-state index in [9.17, 15) is 5.11 Å². The zero-order chi connectivity index (χ0) is 13.9. The van der Waals surface area contributed by atoms with E-state index in [1.165, 1.54) is 5.56 Å². The quantitative estimate of drug-likeness (QED) is 0.908. The molecule has 3 nitrogen and oxygen atoms in total. The Balaban J connectivity index is 1.65. The summed E-state index contributed by atoms with van der Waals surface area (Å²) in [5, 5.41) is 13.4. The van der Waals surface area contributed by atoms with Crippen molar-refractivity contribution in [2.45, 2.75) is 19.5 Å². The number of aromatic hydroxyl groups is 1. The Morgan fingerprint density at radius 1 is 1.15 bits per heavy atom. The maximum Gasteiger partial charge on any atom is 0.127 e. The second-order valence-corrected chi connectivity index (χ2v) is 5.36. The fraction of sp³-hybridized carbons (Fsp3) is 0.250. The molecule has 20 heavy (non-hydrogen) atoms. The lowest BCUT2D eigenvalue weighted by molar-refractivity contribution is 0.352. The number of hydrogen-bond donors (Lipinski definition) is 2. The van der Waals surface area contributed by atoms with Gasteiger partial charge in [-0.25, -0.2) is 0 Å². The van der Waals surface area contributed by atoms with Gasteiger partial charge in [-0.2, -0.15) is 0 Å². The molecule has 0 spiro atoms. The number of halogens is 1. The highest BCUT2D eigenvalue weighted by Gasteiger charge is 2.17. The number of fused-ring (bicyclic) bond motifs is 1. The van der Waals surface area contributed by atoms with E-state index >= 15 is 0 Å². The van der Waals surface area contributed by atoms with Crippen molar-refractivity contribution in [3.05, 3.63) is 58.1 Å². The first kappa shape index (κ1) is 13.3. The molecule has 0 amide bonds. The fourth-order valence-corrected chi connectivity index (χ4v) is 2.70. The molecule has 0 radical (unpaired) electrons. The summed E-state index contributed by atoms with van der Waals surface area (Å²) in [5.74, 6) is 1.27. The van der Waals surface area contributed by atoms with E-state index in [1.54, 1.807) is 12.1 Å². The van der Waals surface area contributed by atoms with Crippen LogP contribution >= 0.6 is 11.6 Å². The molecular weight excluding hydrogens is 274 g/mol. The smallest absolute Gasteiger partial charge is 0.127 e. The monoisotopic (exact) mass is 289 g/mol. The van der Waals surface area contributed by atoms with Crippen LogP contribution in [0.5, 0.6) is 11.5 Å². The minimum absolute atomic E-state index is 0.287. The number of nitrogens with one attached hydrogen (secondary N) is 1. The normalized spacial score (nSPS) is 13.1. The van der Waals surface area contributed by atoms with Gasteiger partial charge in [-0.3, -0.25) is 0 Å². The SMILES string of the molecule is Oc1ccc(CNCc2cc(Cl)cc3c2OCC3)cc1. The zero-order valence-corrected chi connectivity index (χ0v) is 11.8. The average Bonchev–Trinajstić information content (AvgIpc) is 2.89. The molecule has 3 rings (SSSR count). The van der Waals surface area contributed by atoms with Gasteiger partial charge < -0.3 is 15.2 Å². The van der Waals surface area contributed by atoms with Gasteiger partial charge in [0, 0.05) is 30.1 Å². The van der Waals surface area contributed by atoms with Crippen molar-refractivity contribution < 1.29 is 9.84 Å². The zero-order valence-electron chi connectivity index (χ0n) is 11.0. The fourth-order valence-electron chi connectivity index (χ4n) is 2.43. The topological polar surface area (TPSA) is 41.5 Å². The van der Waals surface area contributed by atoms with Crippen molar-refractivity contribution >= 4 is 11.6 Å². The van der Waals surface area contributed by atoms with Crippen LogP contribution in [0.1, 0.15) is 16.7 Å². The predicted molar refractivity (Wildman–Crippen MR) is 79.3 cm³/mol. The standard InChI is InChI=1S/C16H16ClNO2/c17-14-7-12-5-6-20-16(12)13(8-14)10-18-9-11-1-3-15(19)4-2-11/h1-4,7-8,18-19H,5-6,9-10H2. The molecule has 0 saturated carbocycles. The number of rotatable bonds is 4. The summed E-state index contributed by atoms with van der Waals surface area (Å²) >= 11 is 6.13. The molecule has 1 aliphatic rings. The molecule has 104 valence electrons. The molecule has 0 bridgehead atoms. The maximum absolute atomic E-state index is 9.24. The Morgan fingerprint density at radius 2 is 1.95 bits per heavy atom. The van der Waals surface area contributed by atoms with Crippen LogP contribution in [0.15, 0.2) is 36.4 Å². The second kappa shape index (κ2) is 5.73. The van der Waals surface area contributed by atoms with Gasteiger partial charge in [-0.15, -0.1) is 0 Å². The van der Waals surface area contributed by atoms with E-state index in [0.717, 1.165) is 41.5 Å². The molecule has 2 aromatic rings. The molecule has 0 saturated heterocycles. The summed E-state index contributed by atoms with van der Waals surface area (Å²) < 4.78 is 5.67. The van der Waals surface area contributed by atoms with Gasteiger partial charge in [0.05, 0.1) is 6.61 Å². The summed E-state index contributed by atoms with van der Waals surface area (Å²) in [6.45, 7) is 2.19. The predicted octanol–water partition coefficient (Wildman–Crippen LogP) is 3.27. The molecule has 2 aromatic carbocycles. The van der Waals surface area contributed by atoms with Crippen molar-refractivity contribution in [1.82, 2.24) is 5.32 Å². The lowest BCUT2D eigenvalue weighted by Crippen LogP contribution is -2.13. The number of phenols is 1. The van der Waals surface area contributed by atoms with Crippen LogP contribution in [0, 0.1) is 0 Å². The molecule has 4 heteroatoms. The lowest BCUT2D eigenvalue weighted by atomic mass is 10.1. The van der Waals surface area contributed by atoms with Gasteiger partial charge in [0.2, 0.25) is 0 Å². The van der Waals surface area contributed by atoms with Crippen LogP contribution in [-0.4, -0.2) is 11.7 Å². The Labute approximate surface area is 123 Å². The molecule has 1 heterocycles. The van der Waals surface area contributed by atoms with E-state index in [4.69, 9.17) is 16.3 Å². The van der Waals surface area contributed by atoms with E-state index < -0.39 is 0 Å². The summed E-state index contributed by atoms with van der Waals surface area (Å²) in [7, 11) is 0. The first-order valence-corrected chi connectivity index (χ1v) is 7.03. The van der Waals surface area contributed by atoms with E-state index in [1.807, 2.05) is 24.3 Å². The van der Waals surface area contributed by atoms with Crippen LogP contribution in [-0.2, 0) is 19.5 Å². The number of phenolic OH excluding ortho intramolecular Hbond substituents is 1. The summed E-state index contributed by atoms with van der Waals surface area (Å²) in [4.78, 5) is 0. The molecule has 0 unspecified atom stereocenters. The van der Waals surface area contributed by atoms with Crippen molar-refractivity contribution in [2.24, 2.45) is 0 Å². The number of ether oxygens (including phenoxy) is 1. The van der Waals surface area contributed by atoms with Crippen molar-refractivity contribution in [1.29, 1.82) is 0 Å². The highest BCUT2D eigenvalue weighted by Crippen LogP contribution is 2.32. The molecule has 0 aliphatic carbocycles. The van der Waals surface area contributed by atoms with E-state index in [-0.39, 0.29) is 5.75 Å². The number of hydrogen-bond acceptors (Lipinski definition) is 3. The molecule has 2 N–H and O–H groups in total. The maximum atomic E-state index is 9.24. The molecule has 1 aliphatic heterocycles. The van der Waals surface area contributed by atoms with Gasteiger partial charge in [0.15, 0.2) is 0 Å². The molecule has 0 aromatic heterocycles. The Kier molecular flexibility index (Phi) is 3.81. The van der Waals surface area contributed by atoms with Gasteiger partial charge in [0.1, 0.15) is 11.5 Å². The molecule has 0 atom stereocenters. The Hall–Kier alpha value is -1.71. The highest BCUT2D eigenvalue weighted by atomic mass is 35.5. The minimum atomic E-state index is 0.287. The van der Waals surface area contributed by atoms with Crippen LogP contribution in [0.2, 0.25) is 5.02 Å². The average molecular weight is 290 g/mol. The minimum Gasteiger partial charge on any atom is -0.508 e. The third-order valence-electron chi connectivity index (χ3n) is 3.41. The van der Waals surface area contributed by atoms with Gasteiger partial charge >= 0.3 is 0 Å². The summed E-state index contributed by atoms with van der Waals surface area (Å²) in [5.41, 5.74) is 3.42. The van der Waals surface area contributed by atoms with Gasteiger partial charge in [-0.05, 0) is 35.4 Å². The Bertz CT molecular complexity index is 611. The molecule has 0 fully saturated rings. The van der Waals surface area contributed by atoms with Crippen molar-refractivity contribution in [3.63, 3.8) is 0 Å². The summed E-state index contributed by atoms with van der Waals surface area (Å²) in [6.07, 6.45) is 0.931. The largest absolute Gasteiger partial charge is 0.508 e. The third kappa shape index (κ3) is 2.89. The Morgan fingerprint density at radius 3 is 2.75 bits per heavy atom. The summed E-state index contributed by atoms with van der Waals surface area (Å²) in [6, 6.07) is 11.1. The van der Waals surface area contributed by atoms with E-state index in [0.29, 0.717) is 6.54 Å². The van der Waals surface area contributed by atoms with E-state index in [2.05, 4.69) is 5.32 Å². The van der Waals surface area contributed by atoms with Crippen LogP contribution < -0.4 is 10.1 Å². The van der Waals surface area contributed by atoms with Gasteiger partial charge in [0.25, 0.3) is 0 Å². The molecular formula is C16H16ClNO2. The van der Waals surface area contributed by atoms with Crippen molar-refractivity contribution in [2.75, 3.05) is 6.61 Å². The lowest BCUT2D eigenvalue weighted by Gasteiger charge is -2.10. The van der Waals surface area contributed by atoms with Gasteiger partial charge in [-0.1, -0.05) is 23.7 Å².